The van der Waals surface area contributed by atoms with Crippen molar-refractivity contribution in [2.75, 3.05) is 30.4 Å². The number of fused-ring (bicyclic) bond motifs is 2. The van der Waals surface area contributed by atoms with E-state index >= 15 is 0 Å². The number of amides is 1. The smallest absolute Gasteiger partial charge is 0.261 e. The van der Waals surface area contributed by atoms with E-state index < -0.39 is 11.7 Å². The standard InChI is InChI=1S/C29H24Cl2FN3O3/c1-37-25-9-7-19(15-23(25)31)34-29-21(28(36)33-18-6-8-24(32)22(30)14-18)13-17-12-16-4-2-10-35-11-3-5-20(26(16)35)27(17)38-29/h6-9,12-15H,2-5,10-11H2,1H3,(H,33,36). The van der Waals surface area contributed by atoms with Gasteiger partial charge in [-0.1, -0.05) is 23.2 Å². The second-order valence-electron chi connectivity index (χ2n) is 9.45. The van der Waals surface area contributed by atoms with Gasteiger partial charge in [0, 0.05) is 35.4 Å². The van der Waals surface area contributed by atoms with Crippen molar-refractivity contribution in [3.05, 3.63) is 86.6 Å². The summed E-state index contributed by atoms with van der Waals surface area (Å²) >= 11 is 12.3. The summed E-state index contributed by atoms with van der Waals surface area (Å²) in [5.74, 6) is -0.502. The molecule has 2 aliphatic rings. The molecular weight excluding hydrogens is 528 g/mol. The average Bonchev–Trinajstić information content (AvgIpc) is 2.91. The van der Waals surface area contributed by atoms with Crippen molar-refractivity contribution >= 4 is 57.1 Å². The van der Waals surface area contributed by atoms with Gasteiger partial charge in [0.15, 0.2) is 0 Å². The van der Waals surface area contributed by atoms with Crippen LogP contribution in [0.15, 0.2) is 57.9 Å². The van der Waals surface area contributed by atoms with Crippen LogP contribution in [0.25, 0.3) is 11.0 Å². The number of nitrogens with zero attached hydrogens (tertiary/aromatic N) is 2. The van der Waals surface area contributed by atoms with Crippen LogP contribution in [0.3, 0.4) is 0 Å². The molecule has 4 aromatic rings. The first-order valence-corrected chi connectivity index (χ1v) is 13.2. The summed E-state index contributed by atoms with van der Waals surface area (Å²) in [7, 11) is 1.54. The van der Waals surface area contributed by atoms with Crippen LogP contribution >= 0.6 is 23.2 Å². The third-order valence-electron chi connectivity index (χ3n) is 7.02. The number of hydrogen-bond donors (Lipinski definition) is 1. The number of anilines is 2. The maximum absolute atomic E-state index is 13.7. The van der Waals surface area contributed by atoms with E-state index in [2.05, 4.69) is 21.3 Å². The molecule has 0 saturated heterocycles. The van der Waals surface area contributed by atoms with Crippen molar-refractivity contribution in [3.8, 4) is 5.75 Å². The van der Waals surface area contributed by atoms with E-state index in [-0.39, 0.29) is 16.1 Å². The highest BCUT2D eigenvalue weighted by atomic mass is 35.5. The fourth-order valence-electron chi connectivity index (χ4n) is 5.31. The Balaban J connectivity index is 1.54. The zero-order valence-electron chi connectivity index (χ0n) is 20.6. The van der Waals surface area contributed by atoms with Gasteiger partial charge < -0.3 is 19.4 Å². The van der Waals surface area contributed by atoms with Gasteiger partial charge >= 0.3 is 0 Å². The Morgan fingerprint density at radius 3 is 2.63 bits per heavy atom. The van der Waals surface area contributed by atoms with E-state index in [1.165, 1.54) is 36.6 Å². The van der Waals surface area contributed by atoms with Crippen molar-refractivity contribution in [2.45, 2.75) is 25.7 Å². The van der Waals surface area contributed by atoms with Gasteiger partial charge in [-0.2, -0.15) is 0 Å². The van der Waals surface area contributed by atoms with E-state index in [0.717, 1.165) is 55.3 Å². The quantitative estimate of drug-likeness (QED) is 0.294. The van der Waals surface area contributed by atoms with Crippen LogP contribution in [-0.4, -0.2) is 26.1 Å². The minimum Gasteiger partial charge on any atom is -0.495 e. The van der Waals surface area contributed by atoms with E-state index in [1.807, 2.05) is 6.07 Å². The lowest BCUT2D eigenvalue weighted by Crippen LogP contribution is -2.34. The Labute approximate surface area is 228 Å². The van der Waals surface area contributed by atoms with Crippen LogP contribution in [0.4, 0.5) is 21.5 Å². The fourth-order valence-corrected chi connectivity index (χ4v) is 5.75. The third kappa shape index (κ3) is 4.50. The first kappa shape index (κ1) is 24.8. The monoisotopic (exact) mass is 551 g/mol. The minimum atomic E-state index is -0.565. The predicted molar refractivity (Wildman–Crippen MR) is 148 cm³/mol. The molecule has 1 aromatic heterocycles. The fraction of sp³-hybridized carbons (Fsp3) is 0.241. The van der Waals surface area contributed by atoms with E-state index in [1.54, 1.807) is 18.2 Å². The van der Waals surface area contributed by atoms with Gasteiger partial charge in [-0.15, -0.1) is 0 Å². The topological polar surface area (TPSA) is 67.1 Å². The molecule has 0 unspecified atom stereocenters. The summed E-state index contributed by atoms with van der Waals surface area (Å²) in [6.45, 7) is 2.07. The molecule has 1 amide bonds. The Hall–Kier alpha value is -3.55. The molecule has 6 nitrogen and oxygen atoms in total. The SMILES string of the molecule is COc1ccc(N=c2oc3c4c5c(cc3cc2C(=O)Nc2ccc(F)c(Cl)c2)CCCN5CCC4)cc1Cl. The number of benzene rings is 3. The van der Waals surface area contributed by atoms with Crippen molar-refractivity contribution < 1.29 is 18.3 Å². The summed E-state index contributed by atoms with van der Waals surface area (Å²) in [5, 5.41) is 3.94. The number of carbonyl (C=O) groups excluding carboxylic acids is 1. The third-order valence-corrected chi connectivity index (χ3v) is 7.60. The van der Waals surface area contributed by atoms with E-state index in [4.69, 9.17) is 32.4 Å². The van der Waals surface area contributed by atoms with Gasteiger partial charge in [-0.05, 0) is 79.8 Å². The van der Waals surface area contributed by atoms with E-state index in [0.29, 0.717) is 22.1 Å². The highest BCUT2D eigenvalue weighted by molar-refractivity contribution is 6.32. The highest BCUT2D eigenvalue weighted by Gasteiger charge is 2.27. The summed E-state index contributed by atoms with van der Waals surface area (Å²) in [6, 6.07) is 13.1. The second-order valence-corrected chi connectivity index (χ2v) is 10.3. The summed E-state index contributed by atoms with van der Waals surface area (Å²) in [4.78, 5) is 20.6. The predicted octanol–water partition coefficient (Wildman–Crippen LogP) is 7.07. The number of ether oxygens (including phenoxy) is 1. The van der Waals surface area contributed by atoms with Crippen molar-refractivity contribution in [1.82, 2.24) is 0 Å². The summed E-state index contributed by atoms with van der Waals surface area (Å²) in [6.07, 6.45) is 4.02. The Morgan fingerprint density at radius 1 is 1.05 bits per heavy atom. The zero-order valence-corrected chi connectivity index (χ0v) is 22.1. The molecule has 0 atom stereocenters. The number of hydrogen-bond acceptors (Lipinski definition) is 5. The Morgan fingerprint density at radius 2 is 1.87 bits per heavy atom. The molecule has 1 N–H and O–H groups in total. The first-order valence-electron chi connectivity index (χ1n) is 12.4. The number of methoxy groups -OCH3 is 1. The highest BCUT2D eigenvalue weighted by Crippen LogP contribution is 2.40. The molecule has 3 aromatic carbocycles. The van der Waals surface area contributed by atoms with Crippen LogP contribution in [0, 0.1) is 5.82 Å². The van der Waals surface area contributed by atoms with Crippen molar-refractivity contribution in [1.29, 1.82) is 0 Å². The molecule has 6 rings (SSSR count). The lowest BCUT2D eigenvalue weighted by Gasteiger charge is -2.37. The van der Waals surface area contributed by atoms with Crippen LogP contribution in [-0.2, 0) is 12.8 Å². The number of halogens is 3. The molecule has 0 bridgehead atoms. The second kappa shape index (κ2) is 9.97. The molecule has 0 spiro atoms. The summed E-state index contributed by atoms with van der Waals surface area (Å²) < 4.78 is 25.4. The maximum Gasteiger partial charge on any atom is 0.261 e. The lowest BCUT2D eigenvalue weighted by molar-refractivity contribution is 0.102. The molecule has 194 valence electrons. The van der Waals surface area contributed by atoms with Gasteiger partial charge in [-0.3, -0.25) is 4.79 Å². The van der Waals surface area contributed by atoms with Crippen LogP contribution < -0.4 is 20.5 Å². The molecule has 0 aliphatic carbocycles. The molecule has 9 heteroatoms. The van der Waals surface area contributed by atoms with Gasteiger partial charge in [0.2, 0.25) is 5.55 Å². The molecule has 2 aliphatic heterocycles. The maximum atomic E-state index is 13.7. The molecule has 0 saturated carbocycles. The van der Waals surface area contributed by atoms with Crippen molar-refractivity contribution in [3.63, 3.8) is 0 Å². The first-order chi connectivity index (χ1) is 18.4. The largest absolute Gasteiger partial charge is 0.495 e. The lowest BCUT2D eigenvalue weighted by atomic mass is 9.90. The summed E-state index contributed by atoms with van der Waals surface area (Å²) in [5.41, 5.74) is 5.67. The molecule has 0 fully saturated rings. The molecule has 3 heterocycles. The van der Waals surface area contributed by atoms with Crippen LogP contribution in [0.1, 0.15) is 34.3 Å². The molecular formula is C29H24Cl2FN3O3. The van der Waals surface area contributed by atoms with E-state index in [9.17, 15) is 9.18 Å². The Bertz CT molecular complexity index is 1670. The van der Waals surface area contributed by atoms with Crippen LogP contribution in [0.2, 0.25) is 10.0 Å². The zero-order chi connectivity index (χ0) is 26.4. The van der Waals surface area contributed by atoms with Crippen molar-refractivity contribution in [2.24, 2.45) is 4.99 Å². The van der Waals surface area contributed by atoms with Gasteiger partial charge in [0.05, 0.1) is 22.8 Å². The average molecular weight is 552 g/mol. The van der Waals surface area contributed by atoms with Crippen LogP contribution in [0.5, 0.6) is 5.75 Å². The number of aryl methyl sites for hydroxylation is 2. The molecule has 0 radical (unpaired) electrons. The number of rotatable bonds is 4. The normalized spacial score (nSPS) is 14.9. The molecule has 38 heavy (non-hydrogen) atoms. The van der Waals surface area contributed by atoms with Gasteiger partial charge in [-0.25, -0.2) is 9.38 Å². The van der Waals surface area contributed by atoms with Gasteiger partial charge in [0.1, 0.15) is 22.7 Å². The number of carbonyl (C=O) groups is 1. The number of nitrogens with one attached hydrogen (secondary N) is 1. The minimum absolute atomic E-state index is 0.0842. The van der Waals surface area contributed by atoms with Gasteiger partial charge in [0.25, 0.3) is 5.91 Å². The Kier molecular flexibility index (Phi) is 6.50.